The Bertz CT molecular complexity index is 1560. The Morgan fingerprint density at radius 3 is 2.60 bits per heavy atom. The maximum absolute atomic E-state index is 14.7. The van der Waals surface area contributed by atoms with Crippen LogP contribution in [0.3, 0.4) is 0 Å². The highest BCUT2D eigenvalue weighted by atomic mass is 32.2. The zero-order valence-corrected chi connectivity index (χ0v) is 22.8. The van der Waals surface area contributed by atoms with Crippen LogP contribution in [0.4, 0.5) is 23.8 Å². The number of fused-ring (bicyclic) bond motifs is 4. The first-order chi connectivity index (χ1) is 18.9. The SMILES string of the molecule is CC(C)(C)N(C(=O)O)C1=N[C@@]2(CS1)c1cc(-c3cccnc3F)ccc1Oc1cnc(N3CCC(F)(F)C3)cc12. The van der Waals surface area contributed by atoms with Gasteiger partial charge in [-0.25, -0.2) is 28.5 Å². The van der Waals surface area contributed by atoms with Crippen LogP contribution in [0.1, 0.15) is 38.3 Å². The third kappa shape index (κ3) is 4.34. The first-order valence-electron chi connectivity index (χ1n) is 12.7. The summed E-state index contributed by atoms with van der Waals surface area (Å²) in [6.07, 6.45) is 1.45. The molecule has 1 spiro atoms. The molecule has 1 aromatic carbocycles. The van der Waals surface area contributed by atoms with Crippen molar-refractivity contribution < 1.29 is 27.8 Å². The van der Waals surface area contributed by atoms with Gasteiger partial charge in [-0.3, -0.25) is 4.90 Å². The van der Waals surface area contributed by atoms with Crippen molar-refractivity contribution in [2.24, 2.45) is 4.99 Å². The predicted octanol–water partition coefficient (Wildman–Crippen LogP) is 6.36. The molecule has 3 aromatic rings. The van der Waals surface area contributed by atoms with Crippen molar-refractivity contribution in [1.29, 1.82) is 0 Å². The van der Waals surface area contributed by atoms with Gasteiger partial charge in [-0.1, -0.05) is 17.8 Å². The molecule has 5 heterocycles. The van der Waals surface area contributed by atoms with Crippen molar-refractivity contribution in [2.75, 3.05) is 23.7 Å². The van der Waals surface area contributed by atoms with Gasteiger partial charge in [0.25, 0.3) is 5.92 Å². The molecule has 0 unspecified atom stereocenters. The van der Waals surface area contributed by atoms with Gasteiger partial charge in [0.05, 0.1) is 12.7 Å². The number of halogens is 3. The minimum absolute atomic E-state index is 0.147. The van der Waals surface area contributed by atoms with Crippen LogP contribution in [-0.2, 0) is 5.54 Å². The lowest BCUT2D eigenvalue weighted by Gasteiger charge is -2.35. The van der Waals surface area contributed by atoms with Crippen LogP contribution in [0.15, 0.2) is 53.8 Å². The number of hydrogen-bond acceptors (Lipinski definition) is 7. The van der Waals surface area contributed by atoms with Gasteiger partial charge >= 0.3 is 6.09 Å². The standard InChI is InChI=1S/C28H26F3N5O3S/c1-26(2,3)36(25(37)38)24-34-28(15-40-24)18-11-16(17-5-4-9-32-23(17)29)6-7-20(18)39-21-13-33-22(12-19(21)28)35-10-8-27(30,31)14-35/h4-7,9,11-13H,8,10,14-15H2,1-3H3,(H,37,38)/t28-/m0/s1. The van der Waals surface area contributed by atoms with E-state index < -0.39 is 35.6 Å². The summed E-state index contributed by atoms with van der Waals surface area (Å²) < 4.78 is 49.0. The Hall–Kier alpha value is -3.80. The lowest BCUT2D eigenvalue weighted by atomic mass is 9.81. The smallest absolute Gasteiger partial charge is 0.413 e. The summed E-state index contributed by atoms with van der Waals surface area (Å²) in [5.41, 5.74) is 0.0838. The molecule has 40 heavy (non-hydrogen) atoms. The van der Waals surface area contributed by atoms with Gasteiger partial charge in [0.15, 0.2) is 10.9 Å². The Morgan fingerprint density at radius 2 is 1.93 bits per heavy atom. The molecule has 1 fully saturated rings. The van der Waals surface area contributed by atoms with Crippen LogP contribution in [0.2, 0.25) is 0 Å². The largest absolute Gasteiger partial charge is 0.465 e. The van der Waals surface area contributed by atoms with Crippen molar-refractivity contribution >= 4 is 28.8 Å². The zero-order chi connectivity index (χ0) is 28.4. The van der Waals surface area contributed by atoms with Gasteiger partial charge in [0.1, 0.15) is 17.1 Å². The fraction of sp³-hybridized carbons (Fsp3) is 0.357. The topological polar surface area (TPSA) is 91.2 Å². The summed E-state index contributed by atoms with van der Waals surface area (Å²) in [6, 6.07) is 10.2. The Morgan fingerprint density at radius 1 is 1.15 bits per heavy atom. The highest BCUT2D eigenvalue weighted by Crippen LogP contribution is 2.55. The quantitative estimate of drug-likeness (QED) is 0.359. The molecule has 1 N–H and O–H groups in total. The number of nitrogens with zero attached hydrogens (tertiary/aromatic N) is 5. The molecule has 0 bridgehead atoms. The number of carboxylic acid groups (broad SMARTS) is 1. The van der Waals surface area contributed by atoms with Gasteiger partial charge in [-0.2, -0.15) is 4.39 Å². The third-order valence-corrected chi connectivity index (χ3v) is 8.35. The summed E-state index contributed by atoms with van der Waals surface area (Å²) >= 11 is 1.28. The second-order valence-corrected chi connectivity index (χ2v) is 12.0. The minimum atomic E-state index is -2.82. The average molecular weight is 570 g/mol. The second-order valence-electron chi connectivity index (χ2n) is 11.1. The molecule has 1 amide bonds. The van der Waals surface area contributed by atoms with E-state index in [4.69, 9.17) is 9.73 Å². The number of anilines is 1. The second kappa shape index (κ2) is 9.12. The number of amidine groups is 1. The van der Waals surface area contributed by atoms with Gasteiger partial charge in [0, 0.05) is 47.1 Å². The first kappa shape index (κ1) is 26.4. The molecular weight excluding hydrogens is 543 g/mol. The lowest BCUT2D eigenvalue weighted by molar-refractivity contribution is 0.0256. The van der Waals surface area contributed by atoms with E-state index in [0.717, 1.165) is 0 Å². The van der Waals surface area contributed by atoms with Crippen LogP contribution in [0, 0.1) is 5.95 Å². The molecule has 208 valence electrons. The van der Waals surface area contributed by atoms with E-state index in [1.54, 1.807) is 57.2 Å². The lowest BCUT2D eigenvalue weighted by Crippen LogP contribution is -2.47. The van der Waals surface area contributed by atoms with E-state index in [9.17, 15) is 23.1 Å². The predicted molar refractivity (Wildman–Crippen MR) is 146 cm³/mol. The maximum atomic E-state index is 14.7. The number of benzene rings is 1. The number of rotatable bonds is 2. The first-order valence-corrected chi connectivity index (χ1v) is 13.7. The van der Waals surface area contributed by atoms with Crippen molar-refractivity contribution in [3.63, 3.8) is 0 Å². The maximum Gasteiger partial charge on any atom is 0.413 e. The fourth-order valence-corrected chi connectivity index (χ4v) is 6.77. The molecule has 1 atom stereocenters. The number of pyridine rings is 2. The molecule has 6 rings (SSSR count). The number of ether oxygens (including phenoxy) is 1. The zero-order valence-electron chi connectivity index (χ0n) is 22.0. The summed E-state index contributed by atoms with van der Waals surface area (Å²) in [4.78, 5) is 28.3. The van der Waals surface area contributed by atoms with E-state index in [2.05, 4.69) is 9.97 Å². The molecule has 1 saturated heterocycles. The summed E-state index contributed by atoms with van der Waals surface area (Å²) in [6.45, 7) is 5.03. The van der Waals surface area contributed by atoms with E-state index in [1.807, 2.05) is 0 Å². The molecule has 0 aliphatic carbocycles. The molecule has 8 nitrogen and oxygen atoms in total. The molecule has 3 aliphatic heterocycles. The summed E-state index contributed by atoms with van der Waals surface area (Å²) in [5, 5.41) is 10.4. The Labute approximate surface area is 232 Å². The van der Waals surface area contributed by atoms with Crippen molar-refractivity contribution in [3.8, 4) is 22.6 Å². The number of carbonyl (C=O) groups is 1. The normalized spacial score (nSPS) is 21.1. The van der Waals surface area contributed by atoms with E-state index in [-0.39, 0.29) is 18.5 Å². The summed E-state index contributed by atoms with van der Waals surface area (Å²) in [5.74, 6) is -1.92. The van der Waals surface area contributed by atoms with E-state index in [0.29, 0.717) is 44.9 Å². The van der Waals surface area contributed by atoms with E-state index in [1.165, 1.54) is 34.0 Å². The molecule has 3 aliphatic rings. The van der Waals surface area contributed by atoms with Gasteiger partial charge in [-0.15, -0.1) is 0 Å². The third-order valence-electron chi connectivity index (χ3n) is 7.26. The van der Waals surface area contributed by atoms with Crippen molar-refractivity contribution in [1.82, 2.24) is 14.9 Å². The molecular formula is C28H26F3N5O3S. The van der Waals surface area contributed by atoms with Gasteiger partial charge < -0.3 is 14.7 Å². The van der Waals surface area contributed by atoms with E-state index >= 15 is 0 Å². The highest BCUT2D eigenvalue weighted by Gasteiger charge is 2.50. The number of aliphatic imine (C=N–C) groups is 1. The monoisotopic (exact) mass is 569 g/mol. The van der Waals surface area contributed by atoms with Crippen LogP contribution < -0.4 is 9.64 Å². The molecule has 0 radical (unpaired) electrons. The van der Waals surface area contributed by atoms with Crippen LogP contribution in [-0.4, -0.2) is 61.5 Å². The van der Waals surface area contributed by atoms with Crippen molar-refractivity contribution in [2.45, 2.75) is 44.2 Å². The van der Waals surface area contributed by atoms with Crippen LogP contribution in [0.25, 0.3) is 11.1 Å². The Kier molecular flexibility index (Phi) is 6.02. The fourth-order valence-electron chi connectivity index (χ4n) is 5.36. The number of amides is 1. The number of hydrogen-bond donors (Lipinski definition) is 1. The van der Waals surface area contributed by atoms with Gasteiger partial charge in [0.2, 0.25) is 5.95 Å². The molecule has 12 heteroatoms. The molecule has 2 aromatic heterocycles. The minimum Gasteiger partial charge on any atom is -0.465 e. The van der Waals surface area contributed by atoms with Crippen molar-refractivity contribution in [3.05, 3.63) is 65.9 Å². The number of alkyl halides is 2. The highest BCUT2D eigenvalue weighted by molar-refractivity contribution is 8.14. The average Bonchev–Trinajstić information content (AvgIpc) is 3.47. The number of thioether (sulfide) groups is 1. The number of aromatic nitrogens is 2. The van der Waals surface area contributed by atoms with Gasteiger partial charge in [-0.05, 0) is 56.7 Å². The summed E-state index contributed by atoms with van der Waals surface area (Å²) in [7, 11) is 0. The molecule has 0 saturated carbocycles. The van der Waals surface area contributed by atoms with Crippen LogP contribution in [0.5, 0.6) is 11.5 Å². The van der Waals surface area contributed by atoms with Crippen LogP contribution >= 0.6 is 11.8 Å². The Balaban J connectivity index is 1.55.